The van der Waals surface area contributed by atoms with Crippen molar-refractivity contribution in [2.75, 3.05) is 24.7 Å². The molecule has 0 aromatic carbocycles. The van der Waals surface area contributed by atoms with Crippen molar-refractivity contribution in [3.63, 3.8) is 0 Å². The predicted molar refractivity (Wildman–Crippen MR) is 83.5 cm³/mol. The van der Waals surface area contributed by atoms with E-state index in [0.717, 1.165) is 29.4 Å². The lowest BCUT2D eigenvalue weighted by Crippen LogP contribution is -2.44. The van der Waals surface area contributed by atoms with Crippen molar-refractivity contribution in [3.05, 3.63) is 34.7 Å². The summed E-state index contributed by atoms with van der Waals surface area (Å²) in [7, 11) is 0. The second kappa shape index (κ2) is 5.66. The zero-order chi connectivity index (χ0) is 15.0. The first-order valence-electron chi connectivity index (χ1n) is 7.11. The maximum atomic E-state index is 6.27. The Bertz CT molecular complexity index is 636. The molecular weight excluding hydrogens is 288 g/mol. The SMILES string of the molecule is Cc1ccc(C)n1-c1cc(N2CCOC[C@H]2C)nnc1Cl. The standard InChI is InChI=1S/C15H19ClN4O/c1-10-4-5-11(2)20(10)13-8-14(17-18-15(13)16)19-6-7-21-9-12(19)3/h4-5,8,12H,6-7,9H2,1-3H3/t12-/m1/s1. The van der Waals surface area contributed by atoms with Crippen molar-refractivity contribution < 1.29 is 4.74 Å². The molecule has 21 heavy (non-hydrogen) atoms. The molecule has 0 bridgehead atoms. The quantitative estimate of drug-likeness (QED) is 0.855. The molecule has 1 aliphatic rings. The minimum Gasteiger partial charge on any atom is -0.377 e. The van der Waals surface area contributed by atoms with Crippen LogP contribution in [0.15, 0.2) is 18.2 Å². The Morgan fingerprint density at radius 3 is 2.62 bits per heavy atom. The Morgan fingerprint density at radius 2 is 1.95 bits per heavy atom. The van der Waals surface area contributed by atoms with Crippen LogP contribution < -0.4 is 4.90 Å². The summed E-state index contributed by atoms with van der Waals surface area (Å²) < 4.78 is 7.58. The molecule has 112 valence electrons. The van der Waals surface area contributed by atoms with Gasteiger partial charge in [0.1, 0.15) is 0 Å². The van der Waals surface area contributed by atoms with E-state index in [9.17, 15) is 0 Å². The Kier molecular flexibility index (Phi) is 3.87. The fourth-order valence-corrected chi connectivity index (χ4v) is 2.95. The van der Waals surface area contributed by atoms with Crippen molar-refractivity contribution in [1.29, 1.82) is 0 Å². The third-order valence-corrected chi connectivity index (χ3v) is 4.16. The summed E-state index contributed by atoms with van der Waals surface area (Å²) in [4.78, 5) is 2.21. The number of aromatic nitrogens is 3. The van der Waals surface area contributed by atoms with E-state index >= 15 is 0 Å². The molecule has 3 rings (SSSR count). The third-order valence-electron chi connectivity index (χ3n) is 3.89. The summed E-state index contributed by atoms with van der Waals surface area (Å²) >= 11 is 6.27. The number of ether oxygens (including phenoxy) is 1. The average molecular weight is 307 g/mol. The van der Waals surface area contributed by atoms with Crippen LogP contribution in [0.3, 0.4) is 0 Å². The summed E-state index contributed by atoms with van der Waals surface area (Å²) in [5, 5.41) is 8.81. The van der Waals surface area contributed by atoms with E-state index in [1.165, 1.54) is 0 Å². The van der Waals surface area contributed by atoms with Gasteiger partial charge in [0.2, 0.25) is 0 Å². The Labute approximate surface area is 129 Å². The molecule has 1 saturated heterocycles. The first kappa shape index (κ1) is 14.4. The fraction of sp³-hybridized carbons (Fsp3) is 0.467. The molecule has 0 amide bonds. The summed E-state index contributed by atoms with van der Waals surface area (Å²) in [6.45, 7) is 8.48. The van der Waals surface area contributed by atoms with Crippen molar-refractivity contribution in [1.82, 2.24) is 14.8 Å². The largest absolute Gasteiger partial charge is 0.377 e. The molecule has 0 radical (unpaired) electrons. The van der Waals surface area contributed by atoms with Crippen LogP contribution in [0.1, 0.15) is 18.3 Å². The number of aryl methyl sites for hydroxylation is 2. The number of morpholine rings is 1. The van der Waals surface area contributed by atoms with Crippen LogP contribution in [0, 0.1) is 13.8 Å². The molecule has 5 nitrogen and oxygen atoms in total. The number of hydrogen-bond donors (Lipinski definition) is 0. The van der Waals surface area contributed by atoms with E-state index in [2.05, 4.69) is 52.6 Å². The van der Waals surface area contributed by atoms with Gasteiger partial charge < -0.3 is 14.2 Å². The summed E-state index contributed by atoms with van der Waals surface area (Å²) in [5.74, 6) is 0.845. The fourth-order valence-electron chi connectivity index (χ4n) is 2.77. The number of hydrogen-bond acceptors (Lipinski definition) is 4. The van der Waals surface area contributed by atoms with Crippen LogP contribution in [0.5, 0.6) is 0 Å². The molecule has 2 aromatic heterocycles. The number of nitrogens with zero attached hydrogens (tertiary/aromatic N) is 4. The van der Waals surface area contributed by atoms with Gasteiger partial charge >= 0.3 is 0 Å². The van der Waals surface area contributed by atoms with Gasteiger partial charge in [0.05, 0.1) is 24.9 Å². The smallest absolute Gasteiger partial charge is 0.175 e. The Hall–Kier alpha value is -1.59. The van der Waals surface area contributed by atoms with Crippen LogP contribution in [0.25, 0.3) is 5.69 Å². The third kappa shape index (κ3) is 2.63. The van der Waals surface area contributed by atoms with E-state index in [-0.39, 0.29) is 6.04 Å². The predicted octanol–water partition coefficient (Wildman–Crippen LogP) is 2.76. The van der Waals surface area contributed by atoms with Crippen LogP contribution in [-0.2, 0) is 4.74 Å². The molecular formula is C15H19ClN4O. The number of halogens is 1. The normalized spacial score (nSPS) is 19.0. The highest BCUT2D eigenvalue weighted by Gasteiger charge is 2.22. The molecule has 0 unspecified atom stereocenters. The lowest BCUT2D eigenvalue weighted by molar-refractivity contribution is 0.0984. The maximum Gasteiger partial charge on any atom is 0.175 e. The minimum absolute atomic E-state index is 0.286. The maximum absolute atomic E-state index is 6.27. The van der Waals surface area contributed by atoms with Gasteiger partial charge in [0, 0.05) is 24.0 Å². The molecule has 2 aromatic rings. The van der Waals surface area contributed by atoms with Gasteiger partial charge in [0.15, 0.2) is 11.0 Å². The van der Waals surface area contributed by atoms with Crippen molar-refractivity contribution >= 4 is 17.4 Å². The number of anilines is 1. The van der Waals surface area contributed by atoms with E-state index in [1.54, 1.807) is 0 Å². The number of rotatable bonds is 2. The van der Waals surface area contributed by atoms with Crippen LogP contribution >= 0.6 is 11.6 Å². The molecule has 3 heterocycles. The van der Waals surface area contributed by atoms with Crippen LogP contribution in [0.4, 0.5) is 5.82 Å². The average Bonchev–Trinajstić information content (AvgIpc) is 2.80. The zero-order valence-electron chi connectivity index (χ0n) is 12.5. The second-order valence-electron chi connectivity index (χ2n) is 5.45. The molecule has 0 saturated carbocycles. The molecule has 0 aliphatic carbocycles. The van der Waals surface area contributed by atoms with Gasteiger partial charge in [0.25, 0.3) is 0 Å². The van der Waals surface area contributed by atoms with Gasteiger partial charge in [-0.15, -0.1) is 10.2 Å². The molecule has 1 fully saturated rings. The van der Waals surface area contributed by atoms with Gasteiger partial charge in [-0.1, -0.05) is 11.6 Å². The topological polar surface area (TPSA) is 43.2 Å². The highest BCUT2D eigenvalue weighted by atomic mass is 35.5. The van der Waals surface area contributed by atoms with E-state index in [4.69, 9.17) is 16.3 Å². The van der Waals surface area contributed by atoms with E-state index in [1.807, 2.05) is 6.07 Å². The van der Waals surface area contributed by atoms with Gasteiger partial charge in [-0.05, 0) is 32.9 Å². The Morgan fingerprint density at radius 1 is 1.24 bits per heavy atom. The lowest BCUT2D eigenvalue weighted by atomic mass is 10.2. The summed E-state index contributed by atoms with van der Waals surface area (Å²) in [6, 6.07) is 6.44. The van der Waals surface area contributed by atoms with Crippen molar-refractivity contribution in [3.8, 4) is 5.69 Å². The zero-order valence-corrected chi connectivity index (χ0v) is 13.3. The first-order valence-corrected chi connectivity index (χ1v) is 7.48. The van der Waals surface area contributed by atoms with Crippen molar-refractivity contribution in [2.45, 2.75) is 26.8 Å². The lowest BCUT2D eigenvalue weighted by Gasteiger charge is -2.34. The van der Waals surface area contributed by atoms with E-state index < -0.39 is 0 Å². The van der Waals surface area contributed by atoms with Crippen LogP contribution in [-0.4, -0.2) is 40.6 Å². The summed E-state index contributed by atoms with van der Waals surface area (Å²) in [5.41, 5.74) is 3.13. The molecule has 6 heteroatoms. The first-order chi connectivity index (χ1) is 10.1. The van der Waals surface area contributed by atoms with Gasteiger partial charge in [-0.2, -0.15) is 0 Å². The van der Waals surface area contributed by atoms with Crippen molar-refractivity contribution in [2.24, 2.45) is 0 Å². The van der Waals surface area contributed by atoms with Gasteiger partial charge in [-0.25, -0.2) is 0 Å². The molecule has 0 N–H and O–H groups in total. The Balaban J connectivity index is 2.04. The molecule has 0 spiro atoms. The summed E-state index contributed by atoms with van der Waals surface area (Å²) in [6.07, 6.45) is 0. The van der Waals surface area contributed by atoms with Gasteiger partial charge in [-0.3, -0.25) is 0 Å². The van der Waals surface area contributed by atoms with E-state index in [0.29, 0.717) is 18.4 Å². The highest BCUT2D eigenvalue weighted by molar-refractivity contribution is 6.31. The van der Waals surface area contributed by atoms with Crippen LogP contribution in [0.2, 0.25) is 5.15 Å². The highest BCUT2D eigenvalue weighted by Crippen LogP contribution is 2.26. The molecule has 1 aliphatic heterocycles. The molecule has 1 atom stereocenters. The monoisotopic (exact) mass is 306 g/mol. The minimum atomic E-state index is 0.286. The second-order valence-corrected chi connectivity index (χ2v) is 5.81.